The van der Waals surface area contributed by atoms with E-state index in [4.69, 9.17) is 35.7 Å². The second kappa shape index (κ2) is 6.81. The van der Waals surface area contributed by atoms with Gasteiger partial charge < -0.3 is 10.6 Å². The van der Waals surface area contributed by atoms with Crippen molar-refractivity contribution in [3.8, 4) is 0 Å². The molecule has 0 radical (unpaired) electrons. The monoisotopic (exact) mass is 442 g/mol. The Morgan fingerprint density at radius 1 is 0.789 bits per heavy atom. The maximum absolute atomic E-state index is 5.04. The molecule has 0 amide bonds. The number of nitrogens with zero attached hydrogens (tertiary/aromatic N) is 2. The first-order chi connectivity index (χ1) is 8.95. The molecule has 2 aliphatic rings. The molecule has 2 aliphatic heterocycles. The molecule has 0 aromatic heterocycles. The summed E-state index contributed by atoms with van der Waals surface area (Å²) >= 11 is -3.29. The van der Waals surface area contributed by atoms with E-state index in [1.54, 1.807) is 0 Å². The Morgan fingerprint density at radius 2 is 1.16 bits per heavy atom. The van der Waals surface area contributed by atoms with Gasteiger partial charge in [-0.15, -0.1) is 36.6 Å². The Balaban J connectivity index is 0.000000232. The zero-order chi connectivity index (χ0) is 13.9. The third-order valence-electron chi connectivity index (χ3n) is 2.52. The minimum absolute atomic E-state index is 0.780. The summed E-state index contributed by atoms with van der Waals surface area (Å²) in [6.07, 6.45) is 8.40. The molecule has 7 heteroatoms. The number of rotatable bonds is 0. The van der Waals surface area contributed by atoms with Crippen LogP contribution in [0, 0.1) is 0 Å². The van der Waals surface area contributed by atoms with Crippen LogP contribution in [0.1, 0.15) is 11.1 Å². The van der Waals surface area contributed by atoms with Crippen LogP contribution in [0.25, 0.3) is 22.8 Å². The van der Waals surface area contributed by atoms with Crippen LogP contribution in [0.2, 0.25) is 0 Å². The minimum atomic E-state index is -3.29. The van der Waals surface area contributed by atoms with E-state index in [9.17, 15) is 0 Å². The first-order valence-corrected chi connectivity index (χ1v) is 20.0. The van der Waals surface area contributed by atoms with Gasteiger partial charge in [0, 0.05) is 0 Å². The van der Waals surface area contributed by atoms with E-state index < -0.39 is 13.9 Å². The summed E-state index contributed by atoms with van der Waals surface area (Å²) in [7, 11) is 20.1. The normalized spacial score (nSPS) is 15.4. The van der Waals surface area contributed by atoms with E-state index in [1.807, 2.05) is 0 Å². The Bertz CT molecular complexity index is 476. The Morgan fingerprint density at radius 3 is 1.53 bits per heavy atom. The summed E-state index contributed by atoms with van der Waals surface area (Å²) < 4.78 is 0. The van der Waals surface area contributed by atoms with Gasteiger partial charge >= 0.3 is 49.6 Å². The predicted octanol–water partition coefficient (Wildman–Crippen LogP) is 6.13. The molecule has 0 unspecified atom stereocenters. The standard InChI is InChI=1S/C12H10N2.4ClH.Sn/c1-3-9-5-6-10-4-2-8-14-12(10)11(9)13-7-1;;;;;/h1-6H,7-8H2;4*1H;/q-2;;;;;+4/p-4. The molecule has 1 aromatic carbocycles. The molecule has 2 heterocycles. The Labute approximate surface area is 131 Å². The summed E-state index contributed by atoms with van der Waals surface area (Å²) in [6, 6.07) is 4.22. The summed E-state index contributed by atoms with van der Waals surface area (Å²) in [5, 5.41) is 8.98. The molecule has 0 saturated carbocycles. The number of fused-ring (bicyclic) bond motifs is 3. The van der Waals surface area contributed by atoms with Gasteiger partial charge in [-0.05, 0) is 11.1 Å². The molecule has 1 aromatic rings. The average Bonchev–Trinajstić information content (AvgIpc) is 2.37. The van der Waals surface area contributed by atoms with Crippen LogP contribution in [-0.2, 0) is 0 Å². The van der Waals surface area contributed by atoms with Gasteiger partial charge in [0.1, 0.15) is 0 Å². The molecule has 0 spiro atoms. The zero-order valence-electron chi connectivity index (χ0n) is 9.78. The molecular weight excluding hydrogens is 433 g/mol. The van der Waals surface area contributed by atoms with Crippen LogP contribution in [-0.4, -0.2) is 27.0 Å². The fraction of sp³-hybridized carbons (Fsp3) is 0.167. The molecule has 0 fully saturated rings. The van der Waals surface area contributed by atoms with Gasteiger partial charge in [0.15, 0.2) is 0 Å². The van der Waals surface area contributed by atoms with Crippen LogP contribution < -0.4 is 0 Å². The second-order valence-electron chi connectivity index (χ2n) is 3.86. The van der Waals surface area contributed by atoms with Crippen molar-refractivity contribution < 1.29 is 0 Å². The number of hydrogen-bond acceptors (Lipinski definition) is 0. The van der Waals surface area contributed by atoms with Crippen molar-refractivity contribution in [2.24, 2.45) is 0 Å². The third kappa shape index (κ3) is 4.94. The van der Waals surface area contributed by atoms with E-state index in [1.165, 1.54) is 11.1 Å². The molecule has 0 aliphatic carbocycles. The van der Waals surface area contributed by atoms with Crippen molar-refractivity contribution in [2.75, 3.05) is 13.1 Å². The van der Waals surface area contributed by atoms with Crippen molar-refractivity contribution in [3.63, 3.8) is 0 Å². The third-order valence-corrected chi connectivity index (χ3v) is 2.52. The van der Waals surface area contributed by atoms with Crippen LogP contribution >= 0.6 is 35.7 Å². The fourth-order valence-electron chi connectivity index (χ4n) is 1.86. The number of hydrogen-bond donors (Lipinski definition) is 0. The summed E-state index contributed by atoms with van der Waals surface area (Å²) in [5.41, 5.74) is 4.51. The van der Waals surface area contributed by atoms with Crippen molar-refractivity contribution in [1.29, 1.82) is 0 Å². The molecule has 3 rings (SSSR count). The summed E-state index contributed by atoms with van der Waals surface area (Å²) in [5.74, 6) is 0. The van der Waals surface area contributed by atoms with Gasteiger partial charge in [0.05, 0.1) is 0 Å². The summed E-state index contributed by atoms with van der Waals surface area (Å²) in [4.78, 5) is 0. The van der Waals surface area contributed by atoms with Crippen LogP contribution in [0.3, 0.4) is 0 Å². The van der Waals surface area contributed by atoms with Crippen LogP contribution in [0.5, 0.6) is 0 Å². The molecule has 102 valence electrons. The van der Waals surface area contributed by atoms with Crippen LogP contribution in [0.15, 0.2) is 24.3 Å². The molecule has 0 saturated heterocycles. The van der Waals surface area contributed by atoms with E-state index in [0.29, 0.717) is 0 Å². The van der Waals surface area contributed by atoms with Gasteiger partial charge in [-0.3, -0.25) is 0 Å². The molecule has 2 nitrogen and oxygen atoms in total. The SMILES string of the molecule is C1=Cc2ccc3c(c2[N-]C1)[N-]CC=C3.[Cl][Sn]([Cl])([Cl])[Cl]. The Kier molecular flexibility index (Phi) is 5.61. The summed E-state index contributed by atoms with van der Waals surface area (Å²) in [6.45, 7) is 1.56. The first kappa shape index (κ1) is 15.6. The van der Waals surface area contributed by atoms with E-state index in [0.717, 1.165) is 24.5 Å². The van der Waals surface area contributed by atoms with Gasteiger partial charge in [-0.2, -0.15) is 0 Å². The predicted molar refractivity (Wildman–Crippen MR) is 89.4 cm³/mol. The zero-order valence-corrected chi connectivity index (χ0v) is 15.7. The molecule has 0 N–H and O–H groups in total. The Hall–Kier alpha value is 0.259. The van der Waals surface area contributed by atoms with Gasteiger partial charge in [0.25, 0.3) is 0 Å². The van der Waals surface area contributed by atoms with Gasteiger partial charge in [-0.1, -0.05) is 24.3 Å². The van der Waals surface area contributed by atoms with E-state index in [-0.39, 0.29) is 0 Å². The van der Waals surface area contributed by atoms with E-state index in [2.05, 4.69) is 47.1 Å². The van der Waals surface area contributed by atoms with Gasteiger partial charge in [0.2, 0.25) is 0 Å². The topological polar surface area (TPSA) is 28.2 Å². The average molecular weight is 443 g/mol. The van der Waals surface area contributed by atoms with Crippen LogP contribution in [0.4, 0.5) is 11.4 Å². The van der Waals surface area contributed by atoms with Crippen molar-refractivity contribution >= 4 is 73.1 Å². The molecule has 19 heavy (non-hydrogen) atoms. The molecule has 0 atom stereocenters. The van der Waals surface area contributed by atoms with Crippen molar-refractivity contribution in [2.45, 2.75) is 0 Å². The van der Waals surface area contributed by atoms with E-state index >= 15 is 0 Å². The number of halogens is 4. The van der Waals surface area contributed by atoms with Crippen molar-refractivity contribution in [1.82, 2.24) is 0 Å². The van der Waals surface area contributed by atoms with Gasteiger partial charge in [-0.25, -0.2) is 0 Å². The van der Waals surface area contributed by atoms with Crippen molar-refractivity contribution in [3.05, 3.63) is 46.0 Å². The second-order valence-corrected chi connectivity index (χ2v) is 29.3. The maximum atomic E-state index is 5.04. The number of benzene rings is 1. The quantitative estimate of drug-likeness (QED) is 0.433. The fourth-order valence-corrected chi connectivity index (χ4v) is 1.86. The molecule has 0 bridgehead atoms. The first-order valence-electron chi connectivity index (χ1n) is 5.56. The molecular formula is C12H10Cl4N2Sn-2.